The van der Waals surface area contributed by atoms with Crippen LogP contribution in [0.5, 0.6) is 0 Å². The fraction of sp³-hybridized carbons (Fsp3) is 0.975. The van der Waals surface area contributed by atoms with Crippen LogP contribution in [0.1, 0.15) is 120 Å². The van der Waals surface area contributed by atoms with E-state index >= 15 is 0 Å². The molecule has 0 aromatic carbocycles. The molecule has 3 N–H and O–H groups in total. The van der Waals surface area contributed by atoms with Crippen LogP contribution >= 0.6 is 0 Å². The van der Waals surface area contributed by atoms with E-state index in [1.807, 2.05) is 6.92 Å². The second-order valence-electron chi connectivity index (χ2n) is 18.4. The molecule has 6 saturated heterocycles. The van der Waals surface area contributed by atoms with Gasteiger partial charge in [0, 0.05) is 37.7 Å². The maximum atomic E-state index is 11.8. The van der Waals surface area contributed by atoms with Crippen molar-refractivity contribution in [3.05, 3.63) is 0 Å². The molecular weight excluding hydrogens is 656 g/mol. The summed E-state index contributed by atoms with van der Waals surface area (Å²) in [6.45, 7) is 18.4. The second-order valence-corrected chi connectivity index (χ2v) is 18.4. The highest BCUT2D eigenvalue weighted by Crippen LogP contribution is 2.57. The fourth-order valence-corrected chi connectivity index (χ4v) is 11.3. The molecule has 6 fully saturated rings. The highest BCUT2D eigenvalue weighted by Gasteiger charge is 2.65. The van der Waals surface area contributed by atoms with Crippen molar-refractivity contribution < 1.29 is 53.3 Å². The van der Waals surface area contributed by atoms with E-state index < -0.39 is 41.3 Å². The van der Waals surface area contributed by atoms with Gasteiger partial charge in [-0.1, -0.05) is 41.5 Å². The topological polar surface area (TPSA) is 142 Å². The van der Waals surface area contributed by atoms with Gasteiger partial charge in [-0.05, 0) is 83.5 Å². The Hall–Kier alpha value is -0.890. The molecule has 0 saturated carbocycles. The van der Waals surface area contributed by atoms with Crippen molar-refractivity contribution in [1.29, 1.82) is 0 Å². The molecule has 6 heterocycles. The lowest BCUT2D eigenvalue weighted by Crippen LogP contribution is -2.58. The average molecular weight is 725 g/mol. The molecule has 0 aromatic heterocycles. The number of rotatable bonds is 9. The van der Waals surface area contributed by atoms with Crippen molar-refractivity contribution >= 4 is 5.97 Å². The van der Waals surface area contributed by atoms with Gasteiger partial charge in [-0.3, -0.25) is 4.79 Å². The molecule has 6 aliphatic heterocycles. The second kappa shape index (κ2) is 14.6. The minimum Gasteiger partial charge on any atom is -0.481 e. The molecule has 6 rings (SSSR count). The molecule has 51 heavy (non-hydrogen) atoms. The highest BCUT2D eigenvalue weighted by atomic mass is 16.7. The summed E-state index contributed by atoms with van der Waals surface area (Å²) in [5.41, 5.74) is -1.10. The van der Waals surface area contributed by atoms with Gasteiger partial charge in [0.15, 0.2) is 11.6 Å². The molecule has 0 amide bonds. The van der Waals surface area contributed by atoms with Crippen molar-refractivity contribution in [3.63, 3.8) is 0 Å². The zero-order chi connectivity index (χ0) is 37.3. The van der Waals surface area contributed by atoms with Crippen LogP contribution in [0.4, 0.5) is 0 Å². The van der Waals surface area contributed by atoms with Gasteiger partial charge in [-0.2, -0.15) is 0 Å². The first-order chi connectivity index (χ1) is 23.9. The van der Waals surface area contributed by atoms with Crippen LogP contribution in [-0.4, -0.2) is 107 Å². The summed E-state index contributed by atoms with van der Waals surface area (Å²) in [5.74, 6) is -3.26. The normalized spacial score (nSPS) is 54.2. The summed E-state index contributed by atoms with van der Waals surface area (Å²) < 4.78 is 47.0. The van der Waals surface area contributed by atoms with E-state index in [1.54, 1.807) is 14.0 Å². The zero-order valence-corrected chi connectivity index (χ0v) is 32.8. The van der Waals surface area contributed by atoms with Gasteiger partial charge in [0.25, 0.3) is 0 Å². The van der Waals surface area contributed by atoms with Gasteiger partial charge in [-0.25, -0.2) is 0 Å². The number of aliphatic hydroxyl groups excluding tert-OH is 1. The number of aliphatic hydroxyl groups is 2. The van der Waals surface area contributed by atoms with Crippen LogP contribution in [0, 0.1) is 41.4 Å². The fourth-order valence-electron chi connectivity index (χ4n) is 11.3. The van der Waals surface area contributed by atoms with E-state index in [2.05, 4.69) is 48.5 Å². The zero-order valence-electron chi connectivity index (χ0n) is 32.8. The predicted octanol–water partition coefficient (Wildman–Crippen LogP) is 5.71. The quantitative estimate of drug-likeness (QED) is 0.269. The Morgan fingerprint density at radius 3 is 2.25 bits per heavy atom. The summed E-state index contributed by atoms with van der Waals surface area (Å²) in [6.07, 6.45) is 5.85. The first-order valence-electron chi connectivity index (χ1n) is 20.0. The Morgan fingerprint density at radius 1 is 0.863 bits per heavy atom. The number of hydrogen-bond donors (Lipinski definition) is 3. The molecule has 0 aromatic rings. The van der Waals surface area contributed by atoms with E-state index in [4.69, 9.17) is 33.2 Å². The first-order valence-corrected chi connectivity index (χ1v) is 20.0. The molecule has 294 valence electrons. The van der Waals surface area contributed by atoms with Crippen molar-refractivity contribution in [2.45, 2.75) is 192 Å². The van der Waals surface area contributed by atoms with E-state index in [0.29, 0.717) is 6.42 Å². The number of carboxylic acids is 1. The van der Waals surface area contributed by atoms with Crippen molar-refractivity contribution in [3.8, 4) is 0 Å². The molecular formula is C40H68O11. The summed E-state index contributed by atoms with van der Waals surface area (Å²) in [5, 5.41) is 30.7. The largest absolute Gasteiger partial charge is 0.481 e. The minimum atomic E-state index is -1.55. The number of ether oxygens (including phenoxy) is 7. The third kappa shape index (κ3) is 7.19. The Bertz CT molecular complexity index is 1230. The number of carboxylic acid groups (broad SMARTS) is 1. The van der Waals surface area contributed by atoms with Crippen LogP contribution in [0.2, 0.25) is 0 Å². The standard InChI is InChI=1S/C40H68O11/c1-21-11-12-28(46-33(21)26(6)36(42)43)17-29-18-30(45-10)27(7)40(48-29)25(5)19-38(9,51-40)32-13-14-37(8,49-32)35-23(3)16-31(47-35)34-22(2)15-24(4)39(44,20-41)50-34/h21-35,41,44H,11-20H2,1-10H3,(H,42,43)/t21-,22-,23-,24+,25-,26-,27+,28-,29-,30+,31-,32-,33+,34+,35+,37+,38-,39+,40+/m0/s1. The van der Waals surface area contributed by atoms with Crippen LogP contribution in [-0.2, 0) is 38.0 Å². The number of hydrogen-bond acceptors (Lipinski definition) is 10. The Labute approximate surface area is 305 Å². The van der Waals surface area contributed by atoms with Crippen molar-refractivity contribution in [1.82, 2.24) is 0 Å². The summed E-state index contributed by atoms with van der Waals surface area (Å²) >= 11 is 0. The van der Waals surface area contributed by atoms with Gasteiger partial charge >= 0.3 is 5.97 Å². The van der Waals surface area contributed by atoms with E-state index in [0.717, 1.165) is 51.4 Å². The molecule has 11 heteroatoms. The van der Waals surface area contributed by atoms with Crippen LogP contribution in [0.25, 0.3) is 0 Å². The minimum absolute atomic E-state index is 0.00727. The summed E-state index contributed by atoms with van der Waals surface area (Å²) in [6, 6.07) is 0. The Morgan fingerprint density at radius 2 is 1.59 bits per heavy atom. The number of methoxy groups -OCH3 is 1. The lowest BCUT2D eigenvalue weighted by atomic mass is 9.78. The van der Waals surface area contributed by atoms with Crippen LogP contribution < -0.4 is 0 Å². The third-order valence-electron chi connectivity index (χ3n) is 14.4. The van der Waals surface area contributed by atoms with E-state index in [1.165, 1.54) is 0 Å². The predicted molar refractivity (Wildman–Crippen MR) is 189 cm³/mol. The molecule has 0 aliphatic carbocycles. The van der Waals surface area contributed by atoms with Crippen LogP contribution in [0.15, 0.2) is 0 Å². The SMILES string of the molecule is CO[C@@H]1C[C@H](C[C@@H]2CC[C@H](C)[C@H]([C@H](C)C(=O)O)O2)O[C@]2(O[C@](C)([C@@H]3CC[C@](C)([C@@H]4O[C@H]([C@@H]5O[C@](O)(CO)[C@H](C)C[C@@H]5C)C[C@@H]4C)O3)C[C@@H]2C)[C@@H]1C. The van der Waals surface area contributed by atoms with Crippen LogP contribution in [0.3, 0.4) is 0 Å². The lowest BCUT2D eigenvalue weighted by Gasteiger charge is -2.50. The lowest BCUT2D eigenvalue weighted by molar-refractivity contribution is -0.353. The van der Waals surface area contributed by atoms with E-state index in [-0.39, 0.29) is 84.3 Å². The maximum absolute atomic E-state index is 11.8. The average Bonchev–Trinajstić information content (AvgIpc) is 3.75. The smallest absolute Gasteiger partial charge is 0.308 e. The maximum Gasteiger partial charge on any atom is 0.308 e. The summed E-state index contributed by atoms with van der Waals surface area (Å²) in [7, 11) is 1.77. The van der Waals surface area contributed by atoms with Crippen molar-refractivity contribution in [2.75, 3.05) is 13.7 Å². The van der Waals surface area contributed by atoms with Gasteiger partial charge in [0.2, 0.25) is 0 Å². The molecule has 0 radical (unpaired) electrons. The first kappa shape index (κ1) is 39.8. The van der Waals surface area contributed by atoms with E-state index in [9.17, 15) is 20.1 Å². The Balaban J connectivity index is 1.13. The van der Waals surface area contributed by atoms with Crippen molar-refractivity contribution in [2.24, 2.45) is 41.4 Å². The highest BCUT2D eigenvalue weighted by molar-refractivity contribution is 5.70. The molecule has 1 spiro atoms. The van der Waals surface area contributed by atoms with Gasteiger partial charge in [0.05, 0.1) is 72.6 Å². The molecule has 0 unspecified atom stereocenters. The third-order valence-corrected chi connectivity index (χ3v) is 14.4. The van der Waals surface area contributed by atoms with Gasteiger partial charge in [0.1, 0.15) is 0 Å². The Kier molecular flexibility index (Phi) is 11.4. The number of aliphatic carboxylic acids is 1. The molecule has 6 aliphatic rings. The summed E-state index contributed by atoms with van der Waals surface area (Å²) in [4.78, 5) is 11.8. The molecule has 19 atom stereocenters. The van der Waals surface area contributed by atoms with Gasteiger partial charge in [-0.15, -0.1) is 0 Å². The monoisotopic (exact) mass is 724 g/mol. The number of carbonyl (C=O) groups is 1. The molecule has 0 bridgehead atoms. The van der Waals surface area contributed by atoms with Gasteiger partial charge < -0.3 is 48.5 Å². The molecule has 11 nitrogen and oxygen atoms in total.